The van der Waals surface area contributed by atoms with Crippen molar-refractivity contribution in [3.8, 4) is 0 Å². The molecule has 2 aromatic heterocycles. The van der Waals surface area contributed by atoms with E-state index in [9.17, 15) is 18.0 Å². The fraction of sp³-hybridized carbons (Fsp3) is 0.188. The highest BCUT2D eigenvalue weighted by molar-refractivity contribution is 5.79. The number of hydrogen-bond donors (Lipinski definition) is 2. The Morgan fingerprint density at radius 1 is 1.23 bits per heavy atom. The lowest BCUT2D eigenvalue weighted by atomic mass is 10.2. The van der Waals surface area contributed by atoms with Crippen LogP contribution in [0, 0.1) is 0 Å². The molecule has 2 heterocycles. The zero-order valence-electron chi connectivity index (χ0n) is 13.7. The molecule has 1 amide bonds. The quantitative estimate of drug-likeness (QED) is 0.726. The molecule has 0 aliphatic carbocycles. The fourth-order valence-corrected chi connectivity index (χ4v) is 2.42. The van der Waals surface area contributed by atoms with Gasteiger partial charge >= 0.3 is 6.18 Å². The SMILES string of the molecule is CN(CC(N)=O)c1cccc2nc(Nc3ccc(C(F)(F)F)cc3)nn12. The van der Waals surface area contributed by atoms with Gasteiger partial charge < -0.3 is 16.0 Å². The van der Waals surface area contributed by atoms with Crippen molar-refractivity contribution >= 4 is 29.0 Å². The summed E-state index contributed by atoms with van der Waals surface area (Å²) in [5.41, 5.74) is 5.40. The van der Waals surface area contributed by atoms with Gasteiger partial charge in [-0.1, -0.05) is 6.07 Å². The van der Waals surface area contributed by atoms with Crippen LogP contribution in [-0.2, 0) is 11.0 Å². The number of carbonyl (C=O) groups excluding carboxylic acids is 1. The van der Waals surface area contributed by atoms with E-state index in [-0.39, 0.29) is 12.5 Å². The summed E-state index contributed by atoms with van der Waals surface area (Å²) >= 11 is 0. The molecule has 10 heteroatoms. The zero-order valence-corrected chi connectivity index (χ0v) is 13.7. The van der Waals surface area contributed by atoms with E-state index in [4.69, 9.17) is 5.73 Å². The highest BCUT2D eigenvalue weighted by Gasteiger charge is 2.29. The van der Waals surface area contributed by atoms with Crippen molar-refractivity contribution in [3.05, 3.63) is 48.0 Å². The van der Waals surface area contributed by atoms with E-state index in [0.29, 0.717) is 17.2 Å². The van der Waals surface area contributed by atoms with Gasteiger partial charge in [-0.2, -0.15) is 22.7 Å². The molecular weight excluding hydrogens is 349 g/mol. The maximum absolute atomic E-state index is 12.6. The zero-order chi connectivity index (χ0) is 18.9. The number of rotatable bonds is 5. The summed E-state index contributed by atoms with van der Waals surface area (Å²) in [7, 11) is 1.68. The van der Waals surface area contributed by atoms with E-state index >= 15 is 0 Å². The molecular formula is C16H15F3N6O. The van der Waals surface area contributed by atoms with Crippen LogP contribution in [0.2, 0.25) is 0 Å². The van der Waals surface area contributed by atoms with Crippen molar-refractivity contribution in [2.75, 3.05) is 23.8 Å². The molecule has 0 aliphatic heterocycles. The maximum atomic E-state index is 12.6. The number of nitrogens with two attached hydrogens (primary N) is 1. The minimum Gasteiger partial charge on any atom is -0.368 e. The van der Waals surface area contributed by atoms with E-state index in [2.05, 4.69) is 15.4 Å². The Bertz CT molecular complexity index is 935. The number of pyridine rings is 1. The van der Waals surface area contributed by atoms with E-state index in [1.54, 1.807) is 30.1 Å². The second kappa shape index (κ2) is 6.54. The number of nitrogens with one attached hydrogen (secondary N) is 1. The number of hydrogen-bond acceptors (Lipinski definition) is 5. The van der Waals surface area contributed by atoms with E-state index in [1.165, 1.54) is 16.6 Å². The minimum atomic E-state index is -4.39. The summed E-state index contributed by atoms with van der Waals surface area (Å²) in [6.07, 6.45) is -4.39. The molecule has 0 spiro atoms. The number of halogens is 3. The number of carbonyl (C=O) groups is 1. The Labute approximate surface area is 146 Å². The third-order valence-corrected chi connectivity index (χ3v) is 3.59. The highest BCUT2D eigenvalue weighted by Crippen LogP contribution is 2.30. The largest absolute Gasteiger partial charge is 0.416 e. The molecule has 3 rings (SSSR count). The summed E-state index contributed by atoms with van der Waals surface area (Å²) < 4.78 is 39.3. The van der Waals surface area contributed by atoms with Crippen LogP contribution in [0.5, 0.6) is 0 Å². The van der Waals surface area contributed by atoms with Gasteiger partial charge in [0.2, 0.25) is 11.9 Å². The Hall–Kier alpha value is -3.30. The summed E-state index contributed by atoms with van der Waals surface area (Å²) in [4.78, 5) is 17.0. The Balaban J connectivity index is 1.86. The van der Waals surface area contributed by atoms with Crippen LogP contribution in [0.25, 0.3) is 5.65 Å². The molecule has 0 unspecified atom stereocenters. The number of anilines is 3. The molecule has 0 aliphatic rings. The van der Waals surface area contributed by atoms with Crippen LogP contribution < -0.4 is 16.0 Å². The minimum absolute atomic E-state index is 0.000635. The predicted molar refractivity (Wildman–Crippen MR) is 90.2 cm³/mol. The second-order valence-corrected chi connectivity index (χ2v) is 5.61. The number of likely N-dealkylation sites (N-methyl/N-ethyl adjacent to an activating group) is 1. The van der Waals surface area contributed by atoms with Gasteiger partial charge in [-0.25, -0.2) is 0 Å². The van der Waals surface area contributed by atoms with Crippen molar-refractivity contribution in [1.82, 2.24) is 14.6 Å². The van der Waals surface area contributed by atoms with Crippen molar-refractivity contribution < 1.29 is 18.0 Å². The van der Waals surface area contributed by atoms with Gasteiger partial charge in [0, 0.05) is 12.7 Å². The normalized spacial score (nSPS) is 11.5. The molecule has 7 nitrogen and oxygen atoms in total. The number of alkyl halides is 3. The van der Waals surface area contributed by atoms with Gasteiger partial charge in [0.15, 0.2) is 5.65 Å². The summed E-state index contributed by atoms with van der Waals surface area (Å²) in [5, 5.41) is 7.14. The third kappa shape index (κ3) is 3.68. The standard InChI is InChI=1S/C16H15F3N6O/c1-24(9-12(20)26)14-4-2-3-13-22-15(23-25(13)14)21-11-7-5-10(6-8-11)16(17,18)19/h2-8H,9H2,1H3,(H2,20,26)(H,21,23). The highest BCUT2D eigenvalue weighted by atomic mass is 19.4. The lowest BCUT2D eigenvalue weighted by Gasteiger charge is -2.17. The van der Waals surface area contributed by atoms with Crippen molar-refractivity contribution in [3.63, 3.8) is 0 Å². The average molecular weight is 364 g/mol. The van der Waals surface area contributed by atoms with E-state index in [1.807, 2.05) is 0 Å². The fourth-order valence-electron chi connectivity index (χ4n) is 2.42. The summed E-state index contributed by atoms with van der Waals surface area (Å²) in [5.74, 6) is 0.312. The summed E-state index contributed by atoms with van der Waals surface area (Å²) in [6, 6.07) is 9.76. The lowest BCUT2D eigenvalue weighted by Crippen LogP contribution is -2.31. The van der Waals surface area contributed by atoms with Gasteiger partial charge in [0.1, 0.15) is 5.82 Å². The molecule has 1 aromatic carbocycles. The van der Waals surface area contributed by atoms with Crippen LogP contribution in [0.15, 0.2) is 42.5 Å². The van der Waals surface area contributed by atoms with Gasteiger partial charge in [-0.3, -0.25) is 4.79 Å². The molecule has 3 aromatic rings. The Kier molecular flexibility index (Phi) is 4.41. The van der Waals surface area contributed by atoms with E-state index in [0.717, 1.165) is 12.1 Å². The molecule has 136 valence electrons. The molecule has 26 heavy (non-hydrogen) atoms. The van der Waals surface area contributed by atoms with Gasteiger partial charge in [-0.15, -0.1) is 5.10 Å². The van der Waals surface area contributed by atoms with E-state index < -0.39 is 17.6 Å². The first kappa shape index (κ1) is 17.5. The Morgan fingerprint density at radius 3 is 2.54 bits per heavy atom. The first-order chi connectivity index (χ1) is 12.2. The van der Waals surface area contributed by atoms with Gasteiger partial charge in [0.05, 0.1) is 12.1 Å². The second-order valence-electron chi connectivity index (χ2n) is 5.61. The van der Waals surface area contributed by atoms with Gasteiger partial charge in [0.25, 0.3) is 0 Å². The van der Waals surface area contributed by atoms with Crippen LogP contribution in [0.4, 0.5) is 30.6 Å². The van der Waals surface area contributed by atoms with Crippen LogP contribution in [-0.4, -0.2) is 34.1 Å². The third-order valence-electron chi connectivity index (χ3n) is 3.59. The predicted octanol–water partition coefficient (Wildman–Crippen LogP) is 2.41. The monoisotopic (exact) mass is 364 g/mol. The number of amides is 1. The molecule has 3 N–H and O–H groups in total. The molecule has 0 saturated carbocycles. The Morgan fingerprint density at radius 2 is 1.92 bits per heavy atom. The van der Waals surface area contributed by atoms with Crippen molar-refractivity contribution in [2.45, 2.75) is 6.18 Å². The van der Waals surface area contributed by atoms with Crippen molar-refractivity contribution in [1.29, 1.82) is 0 Å². The van der Waals surface area contributed by atoms with Crippen molar-refractivity contribution in [2.24, 2.45) is 5.73 Å². The number of benzene rings is 1. The molecule has 0 fully saturated rings. The molecule has 0 bridgehead atoms. The number of aromatic nitrogens is 3. The first-order valence-corrected chi connectivity index (χ1v) is 7.53. The van der Waals surface area contributed by atoms with Gasteiger partial charge in [-0.05, 0) is 36.4 Å². The molecule has 0 atom stereocenters. The number of primary amides is 1. The number of nitrogens with zero attached hydrogens (tertiary/aromatic N) is 4. The summed E-state index contributed by atoms with van der Waals surface area (Å²) in [6.45, 7) is 0.000635. The van der Waals surface area contributed by atoms with Crippen LogP contribution >= 0.6 is 0 Å². The average Bonchev–Trinajstić information content (AvgIpc) is 2.96. The van der Waals surface area contributed by atoms with Crippen LogP contribution in [0.3, 0.4) is 0 Å². The lowest BCUT2D eigenvalue weighted by molar-refractivity contribution is -0.137. The number of fused-ring (bicyclic) bond motifs is 1. The van der Waals surface area contributed by atoms with Crippen LogP contribution in [0.1, 0.15) is 5.56 Å². The molecule has 0 radical (unpaired) electrons. The maximum Gasteiger partial charge on any atom is 0.416 e. The smallest absolute Gasteiger partial charge is 0.368 e. The first-order valence-electron chi connectivity index (χ1n) is 7.53. The molecule has 0 saturated heterocycles. The topological polar surface area (TPSA) is 88.5 Å².